The molecule has 0 aliphatic heterocycles. The minimum absolute atomic E-state index is 0.0924. The Morgan fingerprint density at radius 1 is 1.25 bits per heavy atom. The summed E-state index contributed by atoms with van der Waals surface area (Å²) in [6.07, 6.45) is 7.80. The molecule has 1 aliphatic rings. The third-order valence-electron chi connectivity index (χ3n) is 3.90. The topological polar surface area (TPSA) is 88.3 Å². The van der Waals surface area contributed by atoms with Crippen LogP contribution in [0.2, 0.25) is 0 Å². The zero-order chi connectivity index (χ0) is 14.6. The predicted molar refractivity (Wildman–Crippen MR) is 78.5 cm³/mol. The SMILES string of the molecule is CN(C1CCCCCC1)S(=O)(=O)c1ccc(NN)nc1. The van der Waals surface area contributed by atoms with Crippen molar-refractivity contribution in [2.45, 2.75) is 49.5 Å². The average Bonchev–Trinajstić information content (AvgIpc) is 2.75. The lowest BCUT2D eigenvalue weighted by Gasteiger charge is -2.26. The van der Waals surface area contributed by atoms with Crippen LogP contribution in [0.15, 0.2) is 23.2 Å². The van der Waals surface area contributed by atoms with Gasteiger partial charge >= 0.3 is 0 Å². The molecule has 0 bridgehead atoms. The molecular weight excluding hydrogens is 276 g/mol. The molecule has 20 heavy (non-hydrogen) atoms. The molecule has 1 fully saturated rings. The van der Waals surface area contributed by atoms with Gasteiger partial charge in [0.05, 0.1) is 0 Å². The largest absolute Gasteiger partial charge is 0.308 e. The maximum Gasteiger partial charge on any atom is 0.244 e. The molecule has 1 aliphatic carbocycles. The summed E-state index contributed by atoms with van der Waals surface area (Å²) in [6, 6.07) is 3.19. The summed E-state index contributed by atoms with van der Waals surface area (Å²) in [5.74, 6) is 5.68. The number of hydrogen-bond acceptors (Lipinski definition) is 5. The van der Waals surface area contributed by atoms with Crippen LogP contribution in [0, 0.1) is 0 Å². The van der Waals surface area contributed by atoms with E-state index in [-0.39, 0.29) is 10.9 Å². The zero-order valence-electron chi connectivity index (χ0n) is 11.7. The van der Waals surface area contributed by atoms with Gasteiger partial charge in [-0.3, -0.25) is 0 Å². The summed E-state index contributed by atoms with van der Waals surface area (Å²) in [5.41, 5.74) is 2.39. The first-order chi connectivity index (χ1) is 9.55. The third kappa shape index (κ3) is 3.28. The van der Waals surface area contributed by atoms with Gasteiger partial charge in [0.15, 0.2) is 0 Å². The second kappa shape index (κ2) is 6.51. The van der Waals surface area contributed by atoms with Gasteiger partial charge in [-0.25, -0.2) is 19.2 Å². The molecule has 112 valence electrons. The highest BCUT2D eigenvalue weighted by Crippen LogP contribution is 2.25. The number of sulfonamides is 1. The maximum atomic E-state index is 12.6. The number of pyridine rings is 1. The van der Waals surface area contributed by atoms with E-state index in [1.54, 1.807) is 13.1 Å². The third-order valence-corrected chi connectivity index (χ3v) is 5.79. The highest BCUT2D eigenvalue weighted by Gasteiger charge is 2.28. The molecule has 0 aromatic carbocycles. The molecule has 0 radical (unpaired) electrons. The van der Waals surface area contributed by atoms with E-state index in [9.17, 15) is 8.42 Å². The summed E-state index contributed by atoms with van der Waals surface area (Å²) < 4.78 is 26.7. The van der Waals surface area contributed by atoms with Crippen LogP contribution in [0.25, 0.3) is 0 Å². The molecule has 1 aromatic heterocycles. The summed E-state index contributed by atoms with van der Waals surface area (Å²) in [6.45, 7) is 0. The number of hydrazine groups is 1. The monoisotopic (exact) mass is 298 g/mol. The quantitative estimate of drug-likeness (QED) is 0.502. The van der Waals surface area contributed by atoms with Gasteiger partial charge in [-0.15, -0.1) is 0 Å². The highest BCUT2D eigenvalue weighted by atomic mass is 32.2. The van der Waals surface area contributed by atoms with Gasteiger partial charge < -0.3 is 5.43 Å². The number of nitrogens with two attached hydrogens (primary N) is 1. The lowest BCUT2D eigenvalue weighted by atomic mass is 10.1. The number of anilines is 1. The number of hydrogen-bond donors (Lipinski definition) is 2. The molecule has 1 saturated carbocycles. The molecule has 0 atom stereocenters. The van der Waals surface area contributed by atoms with E-state index in [2.05, 4.69) is 10.4 Å². The van der Waals surface area contributed by atoms with Gasteiger partial charge in [0, 0.05) is 19.3 Å². The molecule has 6 nitrogen and oxygen atoms in total. The Labute approximate surface area is 120 Å². The fourth-order valence-corrected chi connectivity index (χ4v) is 3.96. The highest BCUT2D eigenvalue weighted by molar-refractivity contribution is 7.89. The second-order valence-electron chi connectivity index (χ2n) is 5.19. The molecule has 0 amide bonds. The van der Waals surface area contributed by atoms with Crippen LogP contribution < -0.4 is 11.3 Å². The first-order valence-electron chi connectivity index (χ1n) is 6.96. The van der Waals surface area contributed by atoms with E-state index >= 15 is 0 Å². The van der Waals surface area contributed by atoms with Crippen molar-refractivity contribution in [2.75, 3.05) is 12.5 Å². The van der Waals surface area contributed by atoms with Crippen molar-refractivity contribution < 1.29 is 8.42 Å². The molecular formula is C13H22N4O2S. The van der Waals surface area contributed by atoms with Gasteiger partial charge in [0.2, 0.25) is 10.0 Å². The first kappa shape index (κ1) is 15.2. The van der Waals surface area contributed by atoms with Crippen molar-refractivity contribution in [3.05, 3.63) is 18.3 Å². The van der Waals surface area contributed by atoms with Crippen LogP contribution in [0.5, 0.6) is 0 Å². The summed E-state index contributed by atoms with van der Waals surface area (Å²) in [4.78, 5) is 4.18. The lowest BCUT2D eigenvalue weighted by molar-refractivity contribution is 0.335. The van der Waals surface area contributed by atoms with E-state index < -0.39 is 10.0 Å². The van der Waals surface area contributed by atoms with Crippen molar-refractivity contribution in [1.82, 2.24) is 9.29 Å². The van der Waals surface area contributed by atoms with Crippen molar-refractivity contribution in [2.24, 2.45) is 5.84 Å². The van der Waals surface area contributed by atoms with Crippen molar-refractivity contribution >= 4 is 15.8 Å². The van der Waals surface area contributed by atoms with E-state index in [4.69, 9.17) is 5.84 Å². The van der Waals surface area contributed by atoms with Gasteiger partial charge in [-0.05, 0) is 25.0 Å². The Morgan fingerprint density at radius 3 is 2.40 bits per heavy atom. The Morgan fingerprint density at radius 2 is 1.90 bits per heavy atom. The molecule has 1 heterocycles. The fraction of sp³-hybridized carbons (Fsp3) is 0.615. The van der Waals surface area contributed by atoms with Crippen LogP contribution >= 0.6 is 0 Å². The van der Waals surface area contributed by atoms with Crippen LogP contribution in [0.1, 0.15) is 38.5 Å². The lowest BCUT2D eigenvalue weighted by Crippen LogP contribution is -2.36. The Balaban J connectivity index is 2.18. The molecule has 1 aromatic rings. The molecule has 0 unspecified atom stereocenters. The van der Waals surface area contributed by atoms with Crippen molar-refractivity contribution in [3.8, 4) is 0 Å². The van der Waals surface area contributed by atoms with E-state index in [0.717, 1.165) is 25.7 Å². The summed E-state index contributed by atoms with van der Waals surface area (Å²) in [5, 5.41) is 0. The summed E-state index contributed by atoms with van der Waals surface area (Å²) >= 11 is 0. The van der Waals surface area contributed by atoms with Crippen LogP contribution in [-0.4, -0.2) is 30.8 Å². The Kier molecular flexibility index (Phi) is 4.95. The van der Waals surface area contributed by atoms with E-state index in [1.165, 1.54) is 29.4 Å². The number of rotatable bonds is 4. The number of nitrogens with one attached hydrogen (secondary N) is 1. The number of nitrogens with zero attached hydrogens (tertiary/aromatic N) is 2. The fourth-order valence-electron chi connectivity index (χ4n) is 2.60. The van der Waals surface area contributed by atoms with Gasteiger partial charge in [0.1, 0.15) is 10.7 Å². The Hall–Kier alpha value is -1.18. The standard InChI is InChI=1S/C13H22N4O2S/c1-17(11-6-4-2-3-5-7-11)20(18,19)12-8-9-13(16-14)15-10-12/h8-11H,2-7,14H2,1H3,(H,15,16). The van der Waals surface area contributed by atoms with E-state index in [1.807, 2.05) is 0 Å². The summed E-state index contributed by atoms with van der Waals surface area (Å²) in [7, 11) is -1.81. The van der Waals surface area contributed by atoms with Gasteiger partial charge in [-0.1, -0.05) is 25.7 Å². The van der Waals surface area contributed by atoms with Gasteiger partial charge in [-0.2, -0.15) is 4.31 Å². The van der Waals surface area contributed by atoms with Crippen molar-refractivity contribution in [1.29, 1.82) is 0 Å². The second-order valence-corrected chi connectivity index (χ2v) is 7.19. The molecule has 7 heteroatoms. The van der Waals surface area contributed by atoms with Crippen LogP contribution in [0.4, 0.5) is 5.82 Å². The molecule has 0 saturated heterocycles. The van der Waals surface area contributed by atoms with Crippen molar-refractivity contribution in [3.63, 3.8) is 0 Å². The predicted octanol–water partition coefficient (Wildman–Crippen LogP) is 1.71. The molecule has 2 rings (SSSR count). The normalized spacial score (nSPS) is 17.9. The van der Waals surface area contributed by atoms with Gasteiger partial charge in [0.25, 0.3) is 0 Å². The molecule has 3 N–H and O–H groups in total. The number of nitrogen functional groups attached to an aromatic ring is 1. The Bertz CT molecular complexity index is 522. The zero-order valence-corrected chi connectivity index (χ0v) is 12.6. The van der Waals surface area contributed by atoms with E-state index in [0.29, 0.717) is 5.82 Å². The smallest absolute Gasteiger partial charge is 0.244 e. The maximum absolute atomic E-state index is 12.6. The number of aromatic nitrogens is 1. The minimum atomic E-state index is -3.48. The first-order valence-corrected chi connectivity index (χ1v) is 8.40. The average molecular weight is 298 g/mol. The van der Waals surface area contributed by atoms with Crippen LogP contribution in [0.3, 0.4) is 0 Å². The minimum Gasteiger partial charge on any atom is -0.308 e. The molecule has 0 spiro atoms. The van der Waals surface area contributed by atoms with Crippen LogP contribution in [-0.2, 0) is 10.0 Å².